The molecule has 0 spiro atoms. The first kappa shape index (κ1) is 21.8. The van der Waals surface area contributed by atoms with Gasteiger partial charge in [-0.1, -0.05) is 12.8 Å². The minimum absolute atomic E-state index is 0.0707. The second-order valence-corrected chi connectivity index (χ2v) is 9.86. The fourth-order valence-corrected chi connectivity index (χ4v) is 5.53. The van der Waals surface area contributed by atoms with Crippen LogP contribution >= 0.6 is 0 Å². The standard InChI is InChI=1S/C27H28N6O2/c1-32-10-8-17(9-11-32)24-14-18-13-21(6-7-23(18)35-24)30-27-29-16-20-12-19(15-28)26(34)33(25(20)31-27)22-4-2-3-5-22/h6-7,12-14,16-17,22H,2-5,8-11H2,1H3,(H,29,30,31). The zero-order valence-corrected chi connectivity index (χ0v) is 19.8. The van der Waals surface area contributed by atoms with E-state index in [9.17, 15) is 10.1 Å². The van der Waals surface area contributed by atoms with Crippen LogP contribution in [-0.4, -0.2) is 39.6 Å². The minimum atomic E-state index is -0.266. The van der Waals surface area contributed by atoms with Gasteiger partial charge in [-0.15, -0.1) is 0 Å². The minimum Gasteiger partial charge on any atom is -0.461 e. The molecule has 1 N–H and O–H groups in total. The molecule has 3 aromatic heterocycles. The summed E-state index contributed by atoms with van der Waals surface area (Å²) in [5.74, 6) is 1.94. The van der Waals surface area contributed by atoms with E-state index in [2.05, 4.69) is 28.3 Å². The van der Waals surface area contributed by atoms with Crippen molar-refractivity contribution in [3.05, 3.63) is 58.2 Å². The molecule has 1 saturated carbocycles. The summed E-state index contributed by atoms with van der Waals surface area (Å²) >= 11 is 0. The van der Waals surface area contributed by atoms with E-state index in [4.69, 9.17) is 9.40 Å². The van der Waals surface area contributed by atoms with Crippen molar-refractivity contribution < 1.29 is 4.42 Å². The number of nitrogens with zero attached hydrogens (tertiary/aromatic N) is 5. The van der Waals surface area contributed by atoms with Gasteiger partial charge in [0.25, 0.3) is 5.56 Å². The van der Waals surface area contributed by atoms with Gasteiger partial charge < -0.3 is 14.6 Å². The molecule has 0 amide bonds. The fourth-order valence-electron chi connectivity index (χ4n) is 5.53. The van der Waals surface area contributed by atoms with Gasteiger partial charge in [0.15, 0.2) is 0 Å². The van der Waals surface area contributed by atoms with Gasteiger partial charge in [-0.3, -0.25) is 9.36 Å². The lowest BCUT2D eigenvalue weighted by molar-refractivity contribution is 0.242. The number of pyridine rings is 1. The van der Waals surface area contributed by atoms with Crippen LogP contribution in [0.3, 0.4) is 0 Å². The molecule has 1 aromatic carbocycles. The summed E-state index contributed by atoms with van der Waals surface area (Å²) < 4.78 is 7.88. The number of benzene rings is 1. The van der Waals surface area contributed by atoms with Crippen LogP contribution in [0, 0.1) is 11.3 Å². The van der Waals surface area contributed by atoms with Crippen LogP contribution in [0.2, 0.25) is 0 Å². The van der Waals surface area contributed by atoms with Crippen LogP contribution in [0.25, 0.3) is 22.0 Å². The first-order chi connectivity index (χ1) is 17.1. The van der Waals surface area contributed by atoms with Crippen molar-refractivity contribution in [3.8, 4) is 6.07 Å². The van der Waals surface area contributed by atoms with Crippen molar-refractivity contribution in [1.29, 1.82) is 5.26 Å². The number of hydrogen-bond donors (Lipinski definition) is 1. The molecule has 178 valence electrons. The van der Waals surface area contributed by atoms with E-state index in [1.54, 1.807) is 16.8 Å². The van der Waals surface area contributed by atoms with Crippen LogP contribution in [-0.2, 0) is 0 Å². The van der Waals surface area contributed by atoms with Gasteiger partial charge in [0, 0.05) is 34.6 Å². The first-order valence-electron chi connectivity index (χ1n) is 12.4. The van der Waals surface area contributed by atoms with E-state index in [0.29, 0.717) is 22.9 Å². The van der Waals surface area contributed by atoms with Gasteiger partial charge in [-0.2, -0.15) is 10.2 Å². The molecular weight excluding hydrogens is 440 g/mol. The topological polar surface area (TPSA) is 100.0 Å². The van der Waals surface area contributed by atoms with Crippen LogP contribution in [0.1, 0.15) is 61.8 Å². The number of rotatable bonds is 4. The smallest absolute Gasteiger partial charge is 0.270 e. The van der Waals surface area contributed by atoms with E-state index in [1.165, 1.54) is 0 Å². The maximum absolute atomic E-state index is 13.0. The Morgan fingerprint density at radius 1 is 1.09 bits per heavy atom. The summed E-state index contributed by atoms with van der Waals surface area (Å²) in [4.78, 5) is 24.6. The number of nitriles is 1. The molecule has 1 aliphatic carbocycles. The summed E-state index contributed by atoms with van der Waals surface area (Å²) in [6, 6.07) is 11.8. The van der Waals surface area contributed by atoms with Gasteiger partial charge in [-0.25, -0.2) is 4.98 Å². The molecule has 8 heteroatoms. The van der Waals surface area contributed by atoms with Crippen LogP contribution < -0.4 is 10.9 Å². The molecule has 2 fully saturated rings. The largest absolute Gasteiger partial charge is 0.461 e. The average molecular weight is 469 g/mol. The van der Waals surface area contributed by atoms with E-state index >= 15 is 0 Å². The average Bonchev–Trinajstić information content (AvgIpc) is 3.54. The molecule has 1 saturated heterocycles. The van der Waals surface area contributed by atoms with E-state index in [1.807, 2.05) is 24.3 Å². The van der Waals surface area contributed by atoms with E-state index < -0.39 is 0 Å². The number of aromatic nitrogens is 3. The normalized spacial score (nSPS) is 17.8. The lowest BCUT2D eigenvalue weighted by Gasteiger charge is -2.27. The molecule has 1 aliphatic heterocycles. The summed E-state index contributed by atoms with van der Waals surface area (Å²) in [6.45, 7) is 2.19. The van der Waals surface area contributed by atoms with Gasteiger partial charge in [0.1, 0.15) is 28.6 Å². The van der Waals surface area contributed by atoms with Gasteiger partial charge in [-0.05, 0) is 76.2 Å². The first-order valence-corrected chi connectivity index (χ1v) is 12.4. The Labute approximate surface area is 203 Å². The highest BCUT2D eigenvalue weighted by molar-refractivity contribution is 5.83. The Balaban J connectivity index is 1.32. The number of hydrogen-bond acceptors (Lipinski definition) is 7. The molecule has 35 heavy (non-hydrogen) atoms. The lowest BCUT2D eigenvalue weighted by Crippen LogP contribution is -2.29. The number of fused-ring (bicyclic) bond motifs is 2. The lowest BCUT2D eigenvalue weighted by atomic mass is 9.94. The van der Waals surface area contributed by atoms with Crippen molar-refractivity contribution in [1.82, 2.24) is 19.4 Å². The summed E-state index contributed by atoms with van der Waals surface area (Å²) in [7, 11) is 2.16. The summed E-state index contributed by atoms with van der Waals surface area (Å²) in [6.07, 6.45) is 7.92. The zero-order chi connectivity index (χ0) is 23.9. The van der Waals surface area contributed by atoms with Crippen LogP contribution in [0.4, 0.5) is 11.6 Å². The highest BCUT2D eigenvalue weighted by atomic mass is 16.3. The predicted octanol–water partition coefficient (Wildman–Crippen LogP) is 5.08. The zero-order valence-electron chi connectivity index (χ0n) is 19.8. The number of piperidine rings is 1. The Morgan fingerprint density at radius 2 is 1.89 bits per heavy atom. The molecule has 0 atom stereocenters. The van der Waals surface area contributed by atoms with Crippen LogP contribution in [0.5, 0.6) is 0 Å². The molecule has 0 unspecified atom stereocenters. The van der Waals surface area contributed by atoms with Crippen molar-refractivity contribution in [2.24, 2.45) is 0 Å². The Kier molecular flexibility index (Phi) is 5.50. The highest BCUT2D eigenvalue weighted by Gasteiger charge is 2.23. The second-order valence-electron chi connectivity index (χ2n) is 9.86. The molecule has 0 radical (unpaired) electrons. The highest BCUT2D eigenvalue weighted by Crippen LogP contribution is 2.34. The van der Waals surface area contributed by atoms with Crippen molar-refractivity contribution >= 4 is 33.6 Å². The third-order valence-electron chi connectivity index (χ3n) is 7.50. The second kappa shape index (κ2) is 8.82. The fraction of sp³-hybridized carbons (Fsp3) is 0.407. The third-order valence-corrected chi connectivity index (χ3v) is 7.50. The van der Waals surface area contributed by atoms with E-state index in [0.717, 1.165) is 74.0 Å². The Hall–Kier alpha value is -3.70. The van der Waals surface area contributed by atoms with Crippen molar-refractivity contribution in [2.75, 3.05) is 25.5 Å². The summed E-state index contributed by atoms with van der Waals surface area (Å²) in [5, 5.41) is 14.5. The van der Waals surface area contributed by atoms with Crippen LogP contribution in [0.15, 0.2) is 45.7 Å². The van der Waals surface area contributed by atoms with Gasteiger partial charge in [0.05, 0.1) is 0 Å². The van der Waals surface area contributed by atoms with Gasteiger partial charge >= 0.3 is 0 Å². The summed E-state index contributed by atoms with van der Waals surface area (Å²) in [5.41, 5.74) is 2.18. The predicted molar refractivity (Wildman–Crippen MR) is 135 cm³/mol. The molecule has 2 aliphatic rings. The number of likely N-dealkylation sites (tertiary alicyclic amines) is 1. The maximum Gasteiger partial charge on any atom is 0.270 e. The quantitative estimate of drug-likeness (QED) is 0.446. The maximum atomic E-state index is 13.0. The van der Waals surface area contributed by atoms with Gasteiger partial charge in [0.2, 0.25) is 5.95 Å². The number of furan rings is 1. The van der Waals surface area contributed by atoms with E-state index in [-0.39, 0.29) is 17.2 Å². The number of anilines is 2. The molecule has 6 rings (SSSR count). The Bertz CT molecular complexity index is 1500. The molecular formula is C27H28N6O2. The SMILES string of the molecule is CN1CCC(c2cc3cc(Nc4ncc5cc(C#N)c(=O)n(C6CCCC6)c5n4)ccc3o2)CC1. The van der Waals surface area contributed by atoms with Crippen molar-refractivity contribution in [3.63, 3.8) is 0 Å². The molecule has 0 bridgehead atoms. The number of nitrogens with one attached hydrogen (secondary N) is 1. The monoisotopic (exact) mass is 468 g/mol. The molecule has 4 aromatic rings. The Morgan fingerprint density at radius 3 is 2.66 bits per heavy atom. The van der Waals surface area contributed by atoms with Crippen molar-refractivity contribution in [2.45, 2.75) is 50.5 Å². The molecule has 4 heterocycles. The third kappa shape index (κ3) is 4.06. The molecule has 8 nitrogen and oxygen atoms in total.